The number of halogens is 10. The quantitative estimate of drug-likeness (QED) is 0.0976. The first kappa shape index (κ1) is 43.1. The Bertz CT molecular complexity index is 3310. The van der Waals surface area contributed by atoms with Crippen molar-refractivity contribution in [2.45, 2.75) is 43.7 Å². The van der Waals surface area contributed by atoms with Crippen LogP contribution in [0.4, 0.5) is 40.9 Å². The van der Waals surface area contributed by atoms with Crippen LogP contribution in [0.2, 0.25) is 10.0 Å². The molecule has 24 heteroatoms. The summed E-state index contributed by atoms with van der Waals surface area (Å²) in [4.78, 5) is 38.0. The molecule has 0 saturated heterocycles. The van der Waals surface area contributed by atoms with Gasteiger partial charge >= 0.3 is 0 Å². The van der Waals surface area contributed by atoms with Gasteiger partial charge in [0.1, 0.15) is 47.0 Å². The van der Waals surface area contributed by atoms with E-state index in [2.05, 4.69) is 30.2 Å². The molecule has 1 fully saturated rings. The molecule has 1 amide bonds. The molecule has 4 aromatic heterocycles. The van der Waals surface area contributed by atoms with E-state index in [1.54, 1.807) is 0 Å². The number of nitrogens with one attached hydrogen (secondary N) is 2. The predicted molar refractivity (Wildman–Crippen MR) is 216 cm³/mol. The van der Waals surface area contributed by atoms with Crippen LogP contribution in [0.3, 0.4) is 0 Å². The minimum atomic E-state index is -3.97. The minimum Gasteiger partial charge on any atom is -0.344 e. The summed E-state index contributed by atoms with van der Waals surface area (Å²) in [6, 6.07) is 7.15. The second-order valence-corrected chi connectivity index (χ2v) is 17.9. The minimum absolute atomic E-state index is 0.00469. The molecule has 2 aliphatic carbocycles. The van der Waals surface area contributed by atoms with Gasteiger partial charge in [-0.25, -0.2) is 44.7 Å². The molecule has 13 nitrogen and oxygen atoms in total. The second kappa shape index (κ2) is 15.3. The maximum atomic E-state index is 15.5. The van der Waals surface area contributed by atoms with Gasteiger partial charge in [-0.05, 0) is 60.4 Å². The fourth-order valence-corrected chi connectivity index (χ4v) is 9.23. The Balaban J connectivity index is 1.27. The summed E-state index contributed by atoms with van der Waals surface area (Å²) in [5, 5.41) is 9.70. The van der Waals surface area contributed by atoms with E-state index in [1.165, 1.54) is 36.0 Å². The number of fused-ring (bicyclic) bond motifs is 5. The summed E-state index contributed by atoms with van der Waals surface area (Å²) in [6.45, 7) is -1.07. The Labute approximate surface area is 364 Å². The van der Waals surface area contributed by atoms with Crippen molar-refractivity contribution in [3.05, 3.63) is 127 Å². The number of hydrogen-bond donors (Lipinski definition) is 2. The maximum absolute atomic E-state index is 15.5. The third-order valence-corrected chi connectivity index (χ3v) is 12.1. The van der Waals surface area contributed by atoms with Crippen molar-refractivity contribution in [2.24, 2.45) is 13.0 Å². The van der Waals surface area contributed by atoms with Gasteiger partial charge in [0.15, 0.2) is 11.5 Å². The van der Waals surface area contributed by atoms with Crippen LogP contribution < -0.4 is 15.6 Å². The van der Waals surface area contributed by atoms with Crippen LogP contribution in [-0.4, -0.2) is 54.7 Å². The lowest BCUT2D eigenvalue weighted by Crippen LogP contribution is -2.38. The zero-order valence-corrected chi connectivity index (χ0v) is 34.9. The van der Waals surface area contributed by atoms with Crippen molar-refractivity contribution in [2.75, 3.05) is 11.0 Å². The fourth-order valence-electron chi connectivity index (χ4n) is 8.33. The Morgan fingerprint density at radius 2 is 1.67 bits per heavy atom. The molecule has 7 aromatic rings. The molecule has 0 spiro atoms. The molecule has 3 atom stereocenters. The lowest BCUT2D eigenvalue weighted by atomic mass is 10.0. The molecule has 1 saturated carbocycles. The Kier molecular flexibility index (Phi) is 10.3. The Hall–Kier alpha value is -6.13. The summed E-state index contributed by atoms with van der Waals surface area (Å²) in [5.41, 5.74) is -4.23. The number of carbonyl (C=O) groups excluding carboxylic acids is 1. The van der Waals surface area contributed by atoms with Gasteiger partial charge in [0.25, 0.3) is 17.9 Å². The Morgan fingerprint density at radius 3 is 2.36 bits per heavy atom. The van der Waals surface area contributed by atoms with Crippen molar-refractivity contribution < 1.29 is 48.3 Å². The van der Waals surface area contributed by atoms with Gasteiger partial charge in [0.05, 0.1) is 50.0 Å². The molecule has 9 rings (SSSR count). The number of alkyl halides is 4. The van der Waals surface area contributed by atoms with Crippen LogP contribution in [-0.2, 0) is 40.8 Å². The van der Waals surface area contributed by atoms with Crippen molar-refractivity contribution >= 4 is 66.9 Å². The van der Waals surface area contributed by atoms with Gasteiger partial charge in [0, 0.05) is 42.6 Å². The predicted octanol–water partition coefficient (Wildman–Crippen LogP) is 8.01. The average molecular weight is 953 g/mol. The van der Waals surface area contributed by atoms with Gasteiger partial charge in [0.2, 0.25) is 15.9 Å². The molecule has 2 aliphatic rings. The molecule has 64 heavy (non-hydrogen) atoms. The summed E-state index contributed by atoms with van der Waals surface area (Å²) in [6.07, 6.45) is -3.05. The number of nitrogens with zero attached hydrogens (tertiary/aromatic N) is 7. The van der Waals surface area contributed by atoms with Crippen molar-refractivity contribution in [1.82, 2.24) is 39.4 Å². The van der Waals surface area contributed by atoms with Gasteiger partial charge < -0.3 is 5.32 Å². The van der Waals surface area contributed by atoms with E-state index in [4.69, 9.17) is 23.2 Å². The van der Waals surface area contributed by atoms with Crippen LogP contribution >= 0.6 is 23.2 Å². The van der Waals surface area contributed by atoms with Crippen LogP contribution in [0.5, 0.6) is 0 Å². The van der Waals surface area contributed by atoms with Gasteiger partial charge in [-0.3, -0.25) is 28.2 Å². The first-order valence-electron chi connectivity index (χ1n) is 18.8. The van der Waals surface area contributed by atoms with Crippen LogP contribution in [0.15, 0.2) is 59.4 Å². The smallest absolute Gasteiger partial charge is 0.293 e. The molecule has 332 valence electrons. The van der Waals surface area contributed by atoms with Gasteiger partial charge in [-0.15, -0.1) is 0 Å². The zero-order chi connectivity index (χ0) is 45.9. The van der Waals surface area contributed by atoms with E-state index in [0.29, 0.717) is 16.8 Å². The highest BCUT2D eigenvalue weighted by atomic mass is 35.5. The Morgan fingerprint density at radius 1 is 0.953 bits per heavy atom. The van der Waals surface area contributed by atoms with E-state index in [-0.39, 0.29) is 61.6 Å². The number of aromatic nitrogens is 7. The average Bonchev–Trinajstić information content (AvgIpc) is 3.74. The highest BCUT2D eigenvalue weighted by Crippen LogP contribution is 2.68. The van der Waals surface area contributed by atoms with Crippen LogP contribution in [0.25, 0.3) is 38.9 Å². The van der Waals surface area contributed by atoms with E-state index in [0.717, 1.165) is 29.0 Å². The van der Waals surface area contributed by atoms with E-state index >= 15 is 13.2 Å². The van der Waals surface area contributed by atoms with E-state index in [9.17, 15) is 40.0 Å². The zero-order valence-electron chi connectivity index (χ0n) is 32.6. The molecule has 0 unspecified atom stereocenters. The molecule has 2 N–H and O–H groups in total. The summed E-state index contributed by atoms with van der Waals surface area (Å²) < 4.78 is 148. The highest BCUT2D eigenvalue weighted by Gasteiger charge is 2.67. The number of hydrogen-bond acceptors (Lipinski definition) is 8. The fraction of sp³-hybridized carbons (Fsp3) is 0.250. The number of rotatable bonds is 11. The molecular formula is C40H27Cl2F8N9O4S. The first-order valence-corrected chi connectivity index (χ1v) is 21.5. The molecule has 0 radical (unpaired) electrons. The van der Waals surface area contributed by atoms with E-state index < -0.39 is 116 Å². The largest absolute Gasteiger partial charge is 0.344 e. The number of amides is 1. The van der Waals surface area contributed by atoms with Gasteiger partial charge in [-0.1, -0.05) is 23.2 Å². The number of aryl methyl sites for hydroxylation is 1. The first-order chi connectivity index (χ1) is 30.1. The SMILES string of the molecule is Cn1nc(NS(C)(=O)=O)c2c(Cl)ccc(-n3c([C@H](Cc4cc(F)cc(F)c4)NC(=O)Cn4nc(C(F)F)c5c4C(F)(F)[C@@H]4C[C@H]54)nc4nc(-c5cc(Cl)c(F)cc5F)ccc4c3=O)c21. The third kappa shape index (κ3) is 7.39. The summed E-state index contributed by atoms with van der Waals surface area (Å²) >= 11 is 12.5. The summed E-state index contributed by atoms with van der Waals surface area (Å²) in [5.74, 6) is -11.9. The number of pyridine rings is 1. The standard InChI is InChI=1S/C40H27Cl2F8N9O4S/c1-57-33-28(6-4-22(41)31(33)37(55-57)56-64(2,62)63)59-38(53-36-18(39(59)61)3-5-26(52-36)20-12-23(42)25(46)13-24(20)45)27(9-15-7-16(43)10-17(44)8-15)51-29(60)14-58-34-30(32(54-58)35(47)48)19-11-21(19)40(34,49)50/h3-8,10,12-13,19,21,27,35H,9,11,14H2,1-2H3,(H,51,60)(H,55,56)/t19-,21+,27-/m0/s1. The number of sulfonamides is 1. The third-order valence-electron chi connectivity index (χ3n) is 11.0. The van der Waals surface area contributed by atoms with Crippen LogP contribution in [0, 0.1) is 29.2 Å². The maximum Gasteiger partial charge on any atom is 0.293 e. The molecular weight excluding hydrogens is 925 g/mol. The normalized spacial score (nSPS) is 17.0. The number of carbonyl (C=O) groups is 1. The lowest BCUT2D eigenvalue weighted by molar-refractivity contribution is -0.123. The van der Waals surface area contributed by atoms with Crippen molar-refractivity contribution in [3.63, 3.8) is 0 Å². The monoisotopic (exact) mass is 951 g/mol. The molecule has 3 aromatic carbocycles. The summed E-state index contributed by atoms with van der Waals surface area (Å²) in [7, 11) is -2.59. The van der Waals surface area contributed by atoms with Crippen LogP contribution in [0.1, 0.15) is 53.1 Å². The molecule has 0 bridgehead atoms. The molecule has 0 aliphatic heterocycles. The topological polar surface area (TPSA) is 159 Å². The number of benzene rings is 3. The molecule has 4 heterocycles. The van der Waals surface area contributed by atoms with E-state index in [1.807, 2.05) is 0 Å². The van der Waals surface area contributed by atoms with Crippen molar-refractivity contribution in [1.29, 1.82) is 0 Å². The van der Waals surface area contributed by atoms with Crippen molar-refractivity contribution in [3.8, 4) is 16.9 Å². The second-order valence-electron chi connectivity index (χ2n) is 15.3. The number of anilines is 1. The highest BCUT2D eigenvalue weighted by molar-refractivity contribution is 7.92. The lowest BCUT2D eigenvalue weighted by Gasteiger charge is -2.24. The van der Waals surface area contributed by atoms with Gasteiger partial charge in [-0.2, -0.15) is 19.0 Å².